The monoisotopic (exact) mass is 459 g/mol. The third kappa shape index (κ3) is 3.80. The summed E-state index contributed by atoms with van der Waals surface area (Å²) >= 11 is 6.05. The van der Waals surface area contributed by atoms with E-state index in [1.807, 2.05) is 0 Å². The molecule has 0 saturated carbocycles. The first-order valence-corrected chi connectivity index (χ1v) is 10.1. The van der Waals surface area contributed by atoms with Crippen molar-refractivity contribution >= 4 is 28.9 Å². The maximum Gasteiger partial charge on any atom is 0.337 e. The van der Waals surface area contributed by atoms with Gasteiger partial charge in [-0.1, -0.05) is 23.7 Å². The second-order valence-electron chi connectivity index (χ2n) is 7.58. The predicted octanol–water partition coefficient (Wildman–Crippen LogP) is 5.18. The highest BCUT2D eigenvalue weighted by molar-refractivity contribution is 6.30. The molecular weight excluding hydrogens is 440 g/mol. The standard InChI is InChI=1S/C22H20ClF2N5O2/c1-11-8-15(10-30-20(11)27-28-21(30)19(24)25)26-17(13-4-6-14(23)7-5-13)18-16(22(31)32)12(2)9-29(18)3/h4-10,17,19,26H,1-3H3,(H,31,32). The van der Waals surface area contributed by atoms with E-state index < -0.39 is 24.3 Å². The van der Waals surface area contributed by atoms with E-state index >= 15 is 0 Å². The number of nitrogens with one attached hydrogen (secondary N) is 1. The van der Waals surface area contributed by atoms with Crippen LogP contribution in [0.25, 0.3) is 5.65 Å². The number of benzene rings is 1. The Morgan fingerprint density at radius 1 is 1.12 bits per heavy atom. The summed E-state index contributed by atoms with van der Waals surface area (Å²) in [5, 5.41) is 21.2. The molecule has 0 amide bonds. The molecule has 0 saturated heterocycles. The van der Waals surface area contributed by atoms with Crippen LogP contribution < -0.4 is 5.32 Å². The van der Waals surface area contributed by atoms with Crippen molar-refractivity contribution in [3.63, 3.8) is 0 Å². The molecule has 0 bridgehead atoms. The largest absolute Gasteiger partial charge is 0.478 e. The number of fused-ring (bicyclic) bond motifs is 1. The normalized spacial score (nSPS) is 12.5. The van der Waals surface area contributed by atoms with Gasteiger partial charge in [-0.3, -0.25) is 4.40 Å². The van der Waals surface area contributed by atoms with Gasteiger partial charge in [0.15, 0.2) is 5.65 Å². The number of carboxylic acids is 1. The Bertz CT molecular complexity index is 1310. The van der Waals surface area contributed by atoms with Crippen LogP contribution in [0.15, 0.2) is 42.7 Å². The number of hydrogen-bond acceptors (Lipinski definition) is 4. The molecule has 4 rings (SSSR count). The number of anilines is 1. The van der Waals surface area contributed by atoms with E-state index in [4.69, 9.17) is 11.6 Å². The number of halogens is 3. The second kappa shape index (κ2) is 8.23. The van der Waals surface area contributed by atoms with Gasteiger partial charge in [0.2, 0.25) is 5.82 Å². The van der Waals surface area contributed by atoms with Gasteiger partial charge in [-0.2, -0.15) is 0 Å². The molecule has 0 spiro atoms. The van der Waals surface area contributed by atoms with Crippen molar-refractivity contribution in [3.05, 3.63) is 81.5 Å². The Morgan fingerprint density at radius 2 is 1.81 bits per heavy atom. The van der Waals surface area contributed by atoms with E-state index in [1.54, 1.807) is 62.0 Å². The third-order valence-electron chi connectivity index (χ3n) is 5.33. The summed E-state index contributed by atoms with van der Waals surface area (Å²) in [5.74, 6) is -1.51. The molecule has 1 aromatic carbocycles. The summed E-state index contributed by atoms with van der Waals surface area (Å²) in [4.78, 5) is 12.0. The minimum atomic E-state index is -2.79. The molecule has 7 nitrogen and oxygen atoms in total. The summed E-state index contributed by atoms with van der Waals surface area (Å²) in [5.41, 5.74) is 3.55. The number of pyridine rings is 1. The average molecular weight is 460 g/mol. The van der Waals surface area contributed by atoms with Gasteiger partial charge in [-0.25, -0.2) is 13.6 Å². The number of aromatic nitrogens is 4. The molecule has 0 radical (unpaired) electrons. The molecule has 10 heteroatoms. The van der Waals surface area contributed by atoms with Crippen LogP contribution in [0.3, 0.4) is 0 Å². The van der Waals surface area contributed by atoms with Crippen molar-refractivity contribution in [2.75, 3.05) is 5.32 Å². The summed E-state index contributed by atoms with van der Waals surface area (Å²) < 4.78 is 29.8. The van der Waals surface area contributed by atoms with Gasteiger partial charge in [0, 0.05) is 24.5 Å². The Balaban J connectivity index is 1.89. The van der Waals surface area contributed by atoms with Crippen LogP contribution in [0.1, 0.15) is 51.0 Å². The predicted molar refractivity (Wildman–Crippen MR) is 117 cm³/mol. The van der Waals surface area contributed by atoms with Gasteiger partial charge in [-0.15, -0.1) is 10.2 Å². The minimum Gasteiger partial charge on any atom is -0.478 e. The zero-order valence-electron chi connectivity index (χ0n) is 17.5. The van der Waals surface area contributed by atoms with Gasteiger partial charge in [0.1, 0.15) is 0 Å². The van der Waals surface area contributed by atoms with E-state index in [1.165, 1.54) is 10.6 Å². The van der Waals surface area contributed by atoms with Crippen molar-refractivity contribution in [2.45, 2.75) is 26.3 Å². The number of rotatable bonds is 6. The van der Waals surface area contributed by atoms with Gasteiger partial charge >= 0.3 is 5.97 Å². The number of nitrogens with zero attached hydrogens (tertiary/aromatic N) is 4. The topological polar surface area (TPSA) is 84.5 Å². The van der Waals surface area contributed by atoms with Crippen LogP contribution in [0.4, 0.5) is 14.5 Å². The molecule has 32 heavy (non-hydrogen) atoms. The van der Waals surface area contributed by atoms with E-state index in [-0.39, 0.29) is 5.56 Å². The molecule has 166 valence electrons. The molecule has 3 heterocycles. The molecule has 0 fully saturated rings. The lowest BCUT2D eigenvalue weighted by Crippen LogP contribution is -2.19. The molecule has 0 aliphatic rings. The van der Waals surface area contributed by atoms with Gasteiger partial charge < -0.3 is 15.0 Å². The highest BCUT2D eigenvalue weighted by atomic mass is 35.5. The number of hydrogen-bond donors (Lipinski definition) is 2. The molecule has 3 aromatic heterocycles. The first kappa shape index (κ1) is 21.8. The van der Waals surface area contributed by atoms with Gasteiger partial charge in [0.25, 0.3) is 6.43 Å². The summed E-state index contributed by atoms with van der Waals surface area (Å²) in [7, 11) is 1.77. The van der Waals surface area contributed by atoms with Crippen molar-refractivity contribution in [1.82, 2.24) is 19.2 Å². The Hall–Kier alpha value is -3.46. The van der Waals surface area contributed by atoms with Crippen molar-refractivity contribution in [2.24, 2.45) is 7.05 Å². The molecule has 2 N–H and O–H groups in total. The number of aryl methyl sites for hydroxylation is 3. The minimum absolute atomic E-state index is 0.176. The van der Waals surface area contributed by atoms with Crippen molar-refractivity contribution in [1.29, 1.82) is 0 Å². The summed E-state index contributed by atoms with van der Waals surface area (Å²) in [6, 6.07) is 8.18. The van der Waals surface area contributed by atoms with E-state index in [2.05, 4.69) is 15.5 Å². The maximum absolute atomic E-state index is 13.4. The third-order valence-corrected chi connectivity index (χ3v) is 5.58. The fraction of sp³-hybridized carbons (Fsp3) is 0.227. The van der Waals surface area contributed by atoms with Crippen molar-refractivity contribution in [3.8, 4) is 0 Å². The Morgan fingerprint density at radius 3 is 2.44 bits per heavy atom. The molecule has 4 aromatic rings. The summed E-state index contributed by atoms with van der Waals surface area (Å²) in [6.07, 6.45) is 0.441. The van der Waals surface area contributed by atoms with Crippen LogP contribution in [0, 0.1) is 13.8 Å². The SMILES string of the molecule is Cc1cn(C)c(C(Nc2cc(C)c3nnc(C(F)F)n3c2)c2ccc(Cl)cc2)c1C(=O)O. The second-order valence-corrected chi connectivity index (χ2v) is 8.02. The Kier molecular flexibility index (Phi) is 5.60. The van der Waals surface area contributed by atoms with E-state index in [0.29, 0.717) is 33.2 Å². The van der Waals surface area contributed by atoms with E-state index in [0.717, 1.165) is 5.56 Å². The lowest BCUT2D eigenvalue weighted by molar-refractivity contribution is 0.0694. The van der Waals surface area contributed by atoms with Crippen LogP contribution in [0.5, 0.6) is 0 Å². The molecule has 0 aliphatic carbocycles. The highest BCUT2D eigenvalue weighted by Crippen LogP contribution is 2.33. The van der Waals surface area contributed by atoms with Crippen LogP contribution in [0.2, 0.25) is 5.02 Å². The molecule has 1 atom stereocenters. The lowest BCUT2D eigenvalue weighted by Gasteiger charge is -2.23. The average Bonchev–Trinajstić information content (AvgIpc) is 3.27. The molecule has 0 aliphatic heterocycles. The number of carboxylic acid groups (broad SMARTS) is 1. The smallest absolute Gasteiger partial charge is 0.337 e. The first-order valence-electron chi connectivity index (χ1n) is 9.72. The van der Waals surface area contributed by atoms with E-state index in [9.17, 15) is 18.7 Å². The number of aromatic carboxylic acids is 1. The Labute approximate surface area is 187 Å². The van der Waals surface area contributed by atoms with Crippen LogP contribution >= 0.6 is 11.6 Å². The molecule has 1 unspecified atom stereocenters. The fourth-order valence-corrected chi connectivity index (χ4v) is 4.09. The molecular formula is C22H20ClF2N5O2. The van der Waals surface area contributed by atoms with Crippen LogP contribution in [-0.2, 0) is 7.05 Å². The summed E-state index contributed by atoms with van der Waals surface area (Å²) in [6.45, 7) is 3.48. The highest BCUT2D eigenvalue weighted by Gasteiger charge is 2.27. The van der Waals surface area contributed by atoms with Gasteiger partial charge in [0.05, 0.1) is 23.0 Å². The maximum atomic E-state index is 13.4. The lowest BCUT2D eigenvalue weighted by atomic mass is 9.98. The quantitative estimate of drug-likeness (QED) is 0.415. The zero-order valence-corrected chi connectivity index (χ0v) is 18.2. The van der Waals surface area contributed by atoms with Gasteiger partial charge in [-0.05, 0) is 48.7 Å². The fourth-order valence-electron chi connectivity index (χ4n) is 3.96. The first-order chi connectivity index (χ1) is 15.2. The van der Waals surface area contributed by atoms with Crippen LogP contribution in [-0.4, -0.2) is 30.2 Å². The number of alkyl halides is 2. The zero-order chi connectivity index (χ0) is 23.2. The number of carbonyl (C=O) groups is 1. The van der Waals surface area contributed by atoms with Crippen molar-refractivity contribution < 1.29 is 18.7 Å².